The fourth-order valence-corrected chi connectivity index (χ4v) is 6.18. The summed E-state index contributed by atoms with van der Waals surface area (Å²) in [6.07, 6.45) is 6.75. The molecular weight excluding hydrogens is 502 g/mol. The van der Waals surface area contributed by atoms with Crippen LogP contribution in [-0.2, 0) is 12.8 Å². The summed E-state index contributed by atoms with van der Waals surface area (Å²) in [4.78, 5) is 4.18. The third kappa shape index (κ3) is 4.54. The van der Waals surface area contributed by atoms with Crippen molar-refractivity contribution < 1.29 is 0 Å². The van der Waals surface area contributed by atoms with Crippen LogP contribution in [0.4, 0.5) is 0 Å². The summed E-state index contributed by atoms with van der Waals surface area (Å²) in [5.74, 6) is 0.642. The third-order valence-corrected chi connectivity index (χ3v) is 8.10. The number of pyridine rings is 1. The second-order valence-electron chi connectivity index (χ2n) is 9.60. The number of rotatable bonds is 2. The van der Waals surface area contributed by atoms with Gasteiger partial charge in [-0.25, -0.2) is 0 Å². The first-order chi connectivity index (χ1) is 17.8. The number of benzene rings is 5. The summed E-state index contributed by atoms with van der Waals surface area (Å²) in [7, 11) is 0. The number of para-hydroxylation sites is 1. The molecule has 0 aliphatic heterocycles. The van der Waals surface area contributed by atoms with Gasteiger partial charge in [0.2, 0.25) is 0 Å². The molecule has 0 radical (unpaired) electrons. The van der Waals surface area contributed by atoms with E-state index in [0.717, 1.165) is 11.9 Å². The largest absolute Gasteiger partial charge is 0.256 e. The van der Waals surface area contributed by atoms with E-state index in [1.165, 1.54) is 56.2 Å². The molecule has 0 fully saturated rings. The molecule has 0 N–H and O–H groups in total. The maximum atomic E-state index is 4.18. The molecule has 1 aliphatic carbocycles. The average molecular weight is 531 g/mol. The SMILES string of the molecule is Brc1cccc2c1ccc1c3c(ccc12)C(Cc1ccccc1)CCC3.c1ccc2ncccc2c1. The summed E-state index contributed by atoms with van der Waals surface area (Å²) >= 11 is 3.70. The van der Waals surface area contributed by atoms with E-state index >= 15 is 0 Å². The number of halogens is 1. The van der Waals surface area contributed by atoms with Crippen LogP contribution < -0.4 is 0 Å². The Kier molecular flexibility index (Phi) is 6.53. The molecule has 1 unspecified atom stereocenters. The number of fused-ring (bicyclic) bond motifs is 6. The van der Waals surface area contributed by atoms with E-state index in [1.54, 1.807) is 11.1 Å². The third-order valence-electron chi connectivity index (χ3n) is 7.41. The number of hydrogen-bond acceptors (Lipinski definition) is 1. The minimum atomic E-state index is 0.642. The topological polar surface area (TPSA) is 12.9 Å². The highest BCUT2D eigenvalue weighted by Crippen LogP contribution is 2.40. The molecule has 176 valence electrons. The molecule has 7 rings (SSSR count). The van der Waals surface area contributed by atoms with E-state index in [-0.39, 0.29) is 0 Å². The number of aromatic nitrogens is 1. The van der Waals surface area contributed by atoms with Crippen molar-refractivity contribution in [2.75, 3.05) is 0 Å². The van der Waals surface area contributed by atoms with Gasteiger partial charge in [-0.3, -0.25) is 4.98 Å². The monoisotopic (exact) mass is 529 g/mol. The molecular formula is C34H28BrN. The Morgan fingerprint density at radius 3 is 2.31 bits per heavy atom. The van der Waals surface area contributed by atoms with Gasteiger partial charge in [-0.2, -0.15) is 0 Å². The van der Waals surface area contributed by atoms with Crippen molar-refractivity contribution in [2.24, 2.45) is 0 Å². The molecule has 36 heavy (non-hydrogen) atoms. The second-order valence-corrected chi connectivity index (χ2v) is 10.5. The molecule has 1 aromatic heterocycles. The van der Waals surface area contributed by atoms with Gasteiger partial charge < -0.3 is 0 Å². The molecule has 6 aromatic rings. The highest BCUT2D eigenvalue weighted by atomic mass is 79.9. The number of hydrogen-bond donors (Lipinski definition) is 0. The summed E-state index contributed by atoms with van der Waals surface area (Å²) in [6.45, 7) is 0. The average Bonchev–Trinajstić information content (AvgIpc) is 2.94. The second kappa shape index (κ2) is 10.2. The zero-order valence-electron chi connectivity index (χ0n) is 20.2. The van der Waals surface area contributed by atoms with Crippen LogP contribution in [0.3, 0.4) is 0 Å². The van der Waals surface area contributed by atoms with Gasteiger partial charge in [0, 0.05) is 16.1 Å². The highest BCUT2D eigenvalue weighted by molar-refractivity contribution is 9.10. The van der Waals surface area contributed by atoms with Gasteiger partial charge >= 0.3 is 0 Å². The predicted molar refractivity (Wildman–Crippen MR) is 157 cm³/mol. The highest BCUT2D eigenvalue weighted by Gasteiger charge is 2.22. The molecule has 1 heterocycles. The van der Waals surface area contributed by atoms with Crippen molar-refractivity contribution in [1.29, 1.82) is 0 Å². The van der Waals surface area contributed by atoms with Crippen LogP contribution in [-0.4, -0.2) is 4.98 Å². The lowest BCUT2D eigenvalue weighted by Gasteiger charge is -2.27. The van der Waals surface area contributed by atoms with Gasteiger partial charge in [0.05, 0.1) is 5.52 Å². The molecule has 0 saturated heterocycles. The maximum absolute atomic E-state index is 4.18. The van der Waals surface area contributed by atoms with E-state index in [1.807, 2.05) is 30.5 Å². The number of nitrogens with zero attached hydrogens (tertiary/aromatic N) is 1. The van der Waals surface area contributed by atoms with Gasteiger partial charge in [-0.05, 0) is 88.0 Å². The summed E-state index contributed by atoms with van der Waals surface area (Å²) < 4.78 is 1.18. The number of aryl methyl sites for hydroxylation is 1. The molecule has 1 aliphatic rings. The lowest BCUT2D eigenvalue weighted by Crippen LogP contribution is -2.12. The Labute approximate surface area is 221 Å². The van der Waals surface area contributed by atoms with Crippen LogP contribution in [0.5, 0.6) is 0 Å². The summed E-state index contributed by atoms with van der Waals surface area (Å²) in [6, 6.07) is 38.9. The van der Waals surface area contributed by atoms with Gasteiger partial charge in [-0.15, -0.1) is 0 Å². The Morgan fingerprint density at radius 1 is 0.667 bits per heavy atom. The van der Waals surface area contributed by atoms with E-state index in [4.69, 9.17) is 0 Å². The van der Waals surface area contributed by atoms with Crippen molar-refractivity contribution in [3.63, 3.8) is 0 Å². The Bertz CT molecular complexity index is 1590. The van der Waals surface area contributed by atoms with Crippen molar-refractivity contribution >= 4 is 48.4 Å². The first-order valence-electron chi connectivity index (χ1n) is 12.7. The van der Waals surface area contributed by atoms with E-state index in [2.05, 4.69) is 106 Å². The van der Waals surface area contributed by atoms with Crippen molar-refractivity contribution in [1.82, 2.24) is 4.98 Å². The molecule has 1 nitrogen and oxygen atoms in total. The van der Waals surface area contributed by atoms with Crippen LogP contribution >= 0.6 is 15.9 Å². The first-order valence-corrected chi connectivity index (χ1v) is 13.5. The summed E-state index contributed by atoms with van der Waals surface area (Å²) in [5, 5.41) is 6.69. The Morgan fingerprint density at radius 2 is 1.42 bits per heavy atom. The fourth-order valence-electron chi connectivity index (χ4n) is 5.68. The van der Waals surface area contributed by atoms with Crippen LogP contribution in [0.2, 0.25) is 0 Å². The zero-order chi connectivity index (χ0) is 24.3. The van der Waals surface area contributed by atoms with Gasteiger partial charge in [0.15, 0.2) is 0 Å². The minimum Gasteiger partial charge on any atom is -0.256 e. The molecule has 0 saturated carbocycles. The van der Waals surface area contributed by atoms with Crippen LogP contribution in [0, 0.1) is 0 Å². The first kappa shape index (κ1) is 22.9. The molecule has 0 spiro atoms. The van der Waals surface area contributed by atoms with E-state index in [0.29, 0.717) is 5.92 Å². The molecule has 1 atom stereocenters. The smallest absolute Gasteiger partial charge is 0.0701 e. The van der Waals surface area contributed by atoms with Crippen LogP contribution in [0.25, 0.3) is 32.4 Å². The molecule has 2 heteroatoms. The molecule has 5 aromatic carbocycles. The van der Waals surface area contributed by atoms with E-state index < -0.39 is 0 Å². The standard InChI is InChI=1S/C25H21Br.C9H7N/c26-25-11-5-10-21-23-13-12-19-18(16-17-6-2-1-3-7-17)8-4-9-20(19)22(23)14-15-24(21)25;1-2-6-9-8(4-1)5-3-7-10-9/h1-3,5-7,10-15,18H,4,8-9,16H2;1-7H. The summed E-state index contributed by atoms with van der Waals surface area (Å²) in [5.41, 5.74) is 5.66. The van der Waals surface area contributed by atoms with Crippen molar-refractivity contribution in [2.45, 2.75) is 31.6 Å². The van der Waals surface area contributed by atoms with Gasteiger partial charge in [0.1, 0.15) is 0 Å². The molecule has 0 bridgehead atoms. The maximum Gasteiger partial charge on any atom is 0.0701 e. The zero-order valence-corrected chi connectivity index (χ0v) is 21.8. The van der Waals surface area contributed by atoms with Crippen LogP contribution in [0.15, 0.2) is 120 Å². The van der Waals surface area contributed by atoms with Crippen molar-refractivity contribution in [3.8, 4) is 0 Å². The Balaban J connectivity index is 0.000000200. The quantitative estimate of drug-likeness (QED) is 0.203. The molecule has 0 amide bonds. The fraction of sp³-hybridized carbons (Fsp3) is 0.147. The lowest BCUT2D eigenvalue weighted by atomic mass is 9.77. The van der Waals surface area contributed by atoms with E-state index in [9.17, 15) is 0 Å². The van der Waals surface area contributed by atoms with Gasteiger partial charge in [-0.1, -0.05) is 107 Å². The lowest BCUT2D eigenvalue weighted by molar-refractivity contribution is 0.553. The van der Waals surface area contributed by atoms with Gasteiger partial charge in [0.25, 0.3) is 0 Å². The minimum absolute atomic E-state index is 0.642. The Hall–Kier alpha value is -3.49. The normalized spacial score (nSPS) is 14.9. The van der Waals surface area contributed by atoms with Crippen LogP contribution in [0.1, 0.15) is 35.4 Å². The van der Waals surface area contributed by atoms with Crippen molar-refractivity contribution in [3.05, 3.63) is 137 Å². The predicted octanol–water partition coefficient (Wildman–Crippen LogP) is 9.65.